The number of benzene rings is 1. The van der Waals surface area contributed by atoms with Crippen LogP contribution in [0, 0.1) is 17.5 Å². The van der Waals surface area contributed by atoms with Gasteiger partial charge in [-0.25, -0.2) is 8.78 Å². The van der Waals surface area contributed by atoms with Crippen LogP contribution < -0.4 is 10.6 Å². The van der Waals surface area contributed by atoms with Crippen LogP contribution in [0.4, 0.5) is 13.2 Å². The highest BCUT2D eigenvalue weighted by molar-refractivity contribution is 5.94. The molecule has 0 radical (unpaired) electrons. The fraction of sp³-hybridized carbons (Fsp3) is 0.462. The molecule has 20 heavy (non-hydrogen) atoms. The normalized spacial score (nSPS) is 18.2. The summed E-state index contributed by atoms with van der Waals surface area (Å²) in [6.45, 7) is 1.22. The molecule has 1 heterocycles. The summed E-state index contributed by atoms with van der Waals surface area (Å²) in [5.41, 5.74) is -0.708. The molecule has 1 aliphatic heterocycles. The standard InChI is InChI=1S/C13H15F3N2O2/c14-9-6-8(10(15)12(19)11(9)16)13(20)18-5-3-7-2-1-4-17-7/h6-7,17,19H,1-5H2,(H,18,20)/t7-/m0/s1. The molecule has 1 aromatic rings. The van der Waals surface area contributed by atoms with E-state index in [0.717, 1.165) is 19.4 Å². The van der Waals surface area contributed by atoms with Crippen LogP contribution in [-0.4, -0.2) is 30.1 Å². The van der Waals surface area contributed by atoms with Crippen molar-refractivity contribution in [2.24, 2.45) is 0 Å². The zero-order chi connectivity index (χ0) is 14.7. The number of phenols is 1. The molecule has 2 rings (SSSR count). The summed E-state index contributed by atoms with van der Waals surface area (Å²) in [7, 11) is 0. The minimum Gasteiger partial charge on any atom is -0.503 e. The summed E-state index contributed by atoms with van der Waals surface area (Å²) < 4.78 is 39.4. The first kappa shape index (κ1) is 14.6. The second-order valence-corrected chi connectivity index (χ2v) is 4.72. The monoisotopic (exact) mass is 288 g/mol. The smallest absolute Gasteiger partial charge is 0.254 e. The van der Waals surface area contributed by atoms with E-state index in [-0.39, 0.29) is 6.54 Å². The SMILES string of the molecule is O=C(NCC[C@@H]1CCCN1)c1cc(F)c(F)c(O)c1F. The van der Waals surface area contributed by atoms with E-state index in [1.807, 2.05) is 0 Å². The summed E-state index contributed by atoms with van der Waals surface area (Å²) in [6.07, 6.45) is 2.75. The molecule has 0 spiro atoms. The second-order valence-electron chi connectivity index (χ2n) is 4.72. The Hall–Kier alpha value is -1.76. The number of phenolic OH excluding ortho intramolecular Hbond substituents is 1. The fourth-order valence-electron chi connectivity index (χ4n) is 2.21. The topological polar surface area (TPSA) is 61.4 Å². The van der Waals surface area contributed by atoms with Crippen LogP contribution in [0.3, 0.4) is 0 Å². The molecule has 4 nitrogen and oxygen atoms in total. The summed E-state index contributed by atoms with van der Waals surface area (Å²) in [5, 5.41) is 14.7. The highest BCUT2D eigenvalue weighted by Crippen LogP contribution is 2.25. The molecule has 1 atom stereocenters. The Morgan fingerprint density at radius 1 is 1.40 bits per heavy atom. The highest BCUT2D eigenvalue weighted by atomic mass is 19.2. The first-order chi connectivity index (χ1) is 9.50. The number of hydrogen-bond donors (Lipinski definition) is 3. The van der Waals surface area contributed by atoms with Gasteiger partial charge in [0.2, 0.25) is 5.82 Å². The number of carbonyl (C=O) groups excluding carboxylic acids is 1. The van der Waals surface area contributed by atoms with Crippen LogP contribution >= 0.6 is 0 Å². The molecule has 0 saturated carbocycles. The van der Waals surface area contributed by atoms with Gasteiger partial charge in [0.25, 0.3) is 5.91 Å². The molecule has 1 saturated heterocycles. The van der Waals surface area contributed by atoms with Crippen LogP contribution in [0.2, 0.25) is 0 Å². The largest absolute Gasteiger partial charge is 0.503 e. The van der Waals surface area contributed by atoms with Crippen molar-refractivity contribution in [1.29, 1.82) is 0 Å². The summed E-state index contributed by atoms with van der Waals surface area (Å²) in [4.78, 5) is 11.7. The number of hydrogen-bond acceptors (Lipinski definition) is 3. The van der Waals surface area contributed by atoms with Gasteiger partial charge in [0.1, 0.15) is 0 Å². The molecule has 1 fully saturated rings. The average Bonchev–Trinajstić information content (AvgIpc) is 2.93. The van der Waals surface area contributed by atoms with Crippen molar-refractivity contribution in [3.8, 4) is 5.75 Å². The Balaban J connectivity index is 1.98. The maximum absolute atomic E-state index is 13.5. The van der Waals surface area contributed by atoms with Gasteiger partial charge in [-0.15, -0.1) is 0 Å². The molecule has 0 aromatic heterocycles. The average molecular weight is 288 g/mol. The number of nitrogens with one attached hydrogen (secondary N) is 2. The molecule has 1 aliphatic rings. The quantitative estimate of drug-likeness (QED) is 0.739. The Morgan fingerprint density at radius 3 is 2.80 bits per heavy atom. The van der Waals surface area contributed by atoms with Gasteiger partial charge in [0.05, 0.1) is 5.56 Å². The zero-order valence-corrected chi connectivity index (χ0v) is 10.7. The number of amides is 1. The van der Waals surface area contributed by atoms with Crippen molar-refractivity contribution in [2.75, 3.05) is 13.1 Å². The Kier molecular flexibility index (Phi) is 4.49. The van der Waals surface area contributed by atoms with Gasteiger partial charge in [-0.05, 0) is 31.9 Å². The molecular formula is C13H15F3N2O2. The van der Waals surface area contributed by atoms with Crippen LogP contribution in [0.5, 0.6) is 5.75 Å². The summed E-state index contributed by atoms with van der Waals surface area (Å²) in [6, 6.07) is 0.742. The third kappa shape index (κ3) is 3.04. The lowest BCUT2D eigenvalue weighted by atomic mass is 10.1. The lowest BCUT2D eigenvalue weighted by Gasteiger charge is -2.11. The molecule has 0 bridgehead atoms. The van der Waals surface area contributed by atoms with Gasteiger partial charge in [-0.2, -0.15) is 4.39 Å². The number of halogens is 3. The van der Waals surface area contributed by atoms with E-state index in [9.17, 15) is 18.0 Å². The van der Waals surface area contributed by atoms with Crippen molar-refractivity contribution in [3.05, 3.63) is 29.1 Å². The van der Waals surface area contributed by atoms with E-state index in [0.29, 0.717) is 18.5 Å². The maximum atomic E-state index is 13.5. The number of rotatable bonds is 4. The Labute approximate surface area is 114 Å². The van der Waals surface area contributed by atoms with Gasteiger partial charge in [0, 0.05) is 12.6 Å². The first-order valence-corrected chi connectivity index (χ1v) is 6.38. The number of aromatic hydroxyl groups is 1. The van der Waals surface area contributed by atoms with Crippen LogP contribution in [0.15, 0.2) is 6.07 Å². The predicted molar refractivity (Wildman–Crippen MR) is 66.0 cm³/mol. The van der Waals surface area contributed by atoms with E-state index in [2.05, 4.69) is 10.6 Å². The van der Waals surface area contributed by atoms with Crippen LogP contribution in [0.25, 0.3) is 0 Å². The first-order valence-electron chi connectivity index (χ1n) is 6.38. The van der Waals surface area contributed by atoms with E-state index in [1.54, 1.807) is 0 Å². The maximum Gasteiger partial charge on any atom is 0.254 e. The van der Waals surface area contributed by atoms with Crippen LogP contribution in [0.1, 0.15) is 29.6 Å². The van der Waals surface area contributed by atoms with Gasteiger partial charge in [-0.1, -0.05) is 0 Å². The van der Waals surface area contributed by atoms with E-state index >= 15 is 0 Å². The fourth-order valence-corrected chi connectivity index (χ4v) is 2.21. The molecular weight excluding hydrogens is 273 g/mol. The van der Waals surface area contributed by atoms with Gasteiger partial charge < -0.3 is 15.7 Å². The van der Waals surface area contributed by atoms with Crippen molar-refractivity contribution < 1.29 is 23.1 Å². The van der Waals surface area contributed by atoms with Gasteiger partial charge in [0.15, 0.2) is 17.4 Å². The highest BCUT2D eigenvalue weighted by Gasteiger charge is 2.22. The molecule has 3 N–H and O–H groups in total. The Morgan fingerprint density at radius 2 is 2.15 bits per heavy atom. The van der Waals surface area contributed by atoms with Crippen molar-refractivity contribution >= 4 is 5.91 Å². The van der Waals surface area contributed by atoms with E-state index < -0.39 is 34.7 Å². The van der Waals surface area contributed by atoms with Crippen LogP contribution in [-0.2, 0) is 0 Å². The minimum absolute atomic E-state index is 0.287. The molecule has 0 aliphatic carbocycles. The van der Waals surface area contributed by atoms with Gasteiger partial charge >= 0.3 is 0 Å². The molecule has 1 aromatic carbocycles. The molecule has 7 heteroatoms. The second kappa shape index (κ2) is 6.13. The van der Waals surface area contributed by atoms with Gasteiger partial charge in [-0.3, -0.25) is 4.79 Å². The summed E-state index contributed by atoms with van der Waals surface area (Å²) in [5.74, 6) is -6.98. The number of carbonyl (C=O) groups is 1. The van der Waals surface area contributed by atoms with Crippen molar-refractivity contribution in [3.63, 3.8) is 0 Å². The van der Waals surface area contributed by atoms with E-state index in [1.165, 1.54) is 0 Å². The van der Waals surface area contributed by atoms with E-state index in [4.69, 9.17) is 5.11 Å². The lowest BCUT2D eigenvalue weighted by Crippen LogP contribution is -2.31. The minimum atomic E-state index is -1.70. The molecule has 110 valence electrons. The lowest BCUT2D eigenvalue weighted by molar-refractivity contribution is 0.0946. The Bertz CT molecular complexity index is 517. The van der Waals surface area contributed by atoms with Crippen molar-refractivity contribution in [1.82, 2.24) is 10.6 Å². The molecule has 0 unspecified atom stereocenters. The summed E-state index contributed by atoms with van der Waals surface area (Å²) >= 11 is 0. The third-order valence-electron chi connectivity index (χ3n) is 3.32. The predicted octanol–water partition coefficient (Wildman–Crippen LogP) is 1.68. The van der Waals surface area contributed by atoms with Crippen molar-refractivity contribution in [2.45, 2.75) is 25.3 Å². The zero-order valence-electron chi connectivity index (χ0n) is 10.7. The third-order valence-corrected chi connectivity index (χ3v) is 3.32. The molecule has 1 amide bonds.